The number of ether oxygens (including phenoxy) is 1. The van der Waals surface area contributed by atoms with Crippen LogP contribution in [0.3, 0.4) is 0 Å². The lowest BCUT2D eigenvalue weighted by atomic mass is 9.76. The molecule has 6 heteroatoms. The molecule has 1 spiro atoms. The van der Waals surface area contributed by atoms with Crippen LogP contribution >= 0.6 is 0 Å². The molecule has 0 atom stereocenters. The Labute approximate surface area is 322 Å². The van der Waals surface area contributed by atoms with Crippen LogP contribution < -0.4 is 9.64 Å². The highest BCUT2D eigenvalue weighted by atomic mass is 16.5. The van der Waals surface area contributed by atoms with E-state index in [1.807, 2.05) is 66.7 Å². The predicted octanol–water partition coefficient (Wildman–Crippen LogP) is 11.8. The highest BCUT2D eigenvalue weighted by molar-refractivity contribution is 6.10. The number of aromatic nitrogens is 3. The Balaban J connectivity index is 1.19. The molecule has 0 unspecified atom stereocenters. The van der Waals surface area contributed by atoms with E-state index in [0.717, 1.165) is 84.2 Å². The molecule has 9 aromatic rings. The molecule has 1 aliphatic heterocycles. The third kappa shape index (κ3) is 4.18. The molecule has 6 nitrogen and oxygen atoms in total. The van der Waals surface area contributed by atoms with Crippen molar-refractivity contribution in [1.82, 2.24) is 15.0 Å². The summed E-state index contributed by atoms with van der Waals surface area (Å²) in [6, 6.07) is 62.6. The molecule has 0 bridgehead atoms. The molecule has 0 radical (unpaired) electrons. The predicted molar refractivity (Wildman–Crippen MR) is 220 cm³/mol. The van der Waals surface area contributed by atoms with Gasteiger partial charge < -0.3 is 14.1 Å². The van der Waals surface area contributed by atoms with Gasteiger partial charge in [-0.25, -0.2) is 15.0 Å². The average molecular weight is 719 g/mol. The van der Waals surface area contributed by atoms with E-state index in [1.54, 1.807) is 0 Å². The number of benzene rings is 7. The fourth-order valence-electron chi connectivity index (χ4n) is 8.98. The fraction of sp³-hybridized carbons (Fsp3) is 0.0200. The topological polar surface area (TPSA) is 64.3 Å². The van der Waals surface area contributed by atoms with Gasteiger partial charge in [-0.15, -0.1) is 0 Å². The van der Waals surface area contributed by atoms with Gasteiger partial charge in [0.15, 0.2) is 29.0 Å². The van der Waals surface area contributed by atoms with Crippen LogP contribution in [0.15, 0.2) is 192 Å². The van der Waals surface area contributed by atoms with Crippen LogP contribution in [0.4, 0.5) is 11.4 Å². The lowest BCUT2D eigenvalue weighted by Gasteiger charge is -2.36. The van der Waals surface area contributed by atoms with Gasteiger partial charge in [-0.3, -0.25) is 0 Å². The molecule has 0 N–H and O–H groups in total. The molecule has 7 aromatic carbocycles. The van der Waals surface area contributed by atoms with Crippen molar-refractivity contribution in [3.05, 3.63) is 210 Å². The highest BCUT2D eigenvalue weighted by Gasteiger charge is 2.60. The summed E-state index contributed by atoms with van der Waals surface area (Å²) in [5, 5.41) is 0.954. The molecule has 3 heterocycles. The second-order valence-electron chi connectivity index (χ2n) is 14.3. The van der Waals surface area contributed by atoms with Crippen molar-refractivity contribution in [2.75, 3.05) is 4.90 Å². The van der Waals surface area contributed by atoms with E-state index in [-0.39, 0.29) is 0 Å². The number of para-hydroxylation sites is 4. The number of rotatable bonds is 4. The Morgan fingerprint density at radius 3 is 1.66 bits per heavy atom. The zero-order valence-electron chi connectivity index (χ0n) is 29.9. The van der Waals surface area contributed by atoms with E-state index < -0.39 is 5.41 Å². The zero-order valence-corrected chi connectivity index (χ0v) is 29.9. The Morgan fingerprint density at radius 2 is 1.00 bits per heavy atom. The van der Waals surface area contributed by atoms with Crippen LogP contribution in [0.25, 0.3) is 62.0 Å². The number of fused-ring (bicyclic) bond motifs is 12. The SMILES string of the molecule is c1ccc(-c2nc(-c3ccccc3)nc(-c3cccc4c5c(oc34)C3(C4=C5N(c5ccccc5)c5ccccc5O4)c4ccccc4-c4ccccc43)n2)cc1. The van der Waals surface area contributed by atoms with E-state index in [0.29, 0.717) is 23.1 Å². The molecule has 3 aliphatic rings. The Hall–Kier alpha value is -7.57. The van der Waals surface area contributed by atoms with Crippen molar-refractivity contribution in [2.24, 2.45) is 0 Å². The number of hydrogen-bond donors (Lipinski definition) is 0. The maximum absolute atomic E-state index is 7.46. The summed E-state index contributed by atoms with van der Waals surface area (Å²) in [5.74, 6) is 4.17. The lowest BCUT2D eigenvalue weighted by Crippen LogP contribution is -2.32. The van der Waals surface area contributed by atoms with Crippen LogP contribution in [-0.4, -0.2) is 15.0 Å². The van der Waals surface area contributed by atoms with Gasteiger partial charge in [0.05, 0.1) is 22.5 Å². The van der Waals surface area contributed by atoms with E-state index in [2.05, 4.69) is 120 Å². The summed E-state index contributed by atoms with van der Waals surface area (Å²) in [6.45, 7) is 0. The summed E-state index contributed by atoms with van der Waals surface area (Å²) in [7, 11) is 0. The zero-order chi connectivity index (χ0) is 36.8. The summed E-state index contributed by atoms with van der Waals surface area (Å²) in [5.41, 5.74) is 10.9. The van der Waals surface area contributed by atoms with Gasteiger partial charge in [-0.05, 0) is 52.6 Å². The molecule has 56 heavy (non-hydrogen) atoms. The maximum Gasteiger partial charge on any atom is 0.167 e. The molecule has 0 saturated carbocycles. The molecule has 262 valence electrons. The van der Waals surface area contributed by atoms with Crippen molar-refractivity contribution in [1.29, 1.82) is 0 Å². The third-order valence-electron chi connectivity index (χ3n) is 11.3. The minimum absolute atomic E-state index is 0.538. The summed E-state index contributed by atoms with van der Waals surface area (Å²) in [4.78, 5) is 17.6. The van der Waals surface area contributed by atoms with Crippen LogP contribution in [0.5, 0.6) is 5.75 Å². The second kappa shape index (κ2) is 11.7. The second-order valence-corrected chi connectivity index (χ2v) is 14.3. The van der Waals surface area contributed by atoms with Gasteiger partial charge in [-0.2, -0.15) is 0 Å². The first kappa shape index (κ1) is 30.8. The van der Waals surface area contributed by atoms with Gasteiger partial charge in [0.1, 0.15) is 16.8 Å². The minimum Gasteiger partial charge on any atom is -0.458 e. The number of anilines is 2. The van der Waals surface area contributed by atoms with Gasteiger partial charge in [0.25, 0.3) is 0 Å². The number of hydrogen-bond acceptors (Lipinski definition) is 6. The Bertz CT molecular complexity index is 2960. The van der Waals surface area contributed by atoms with Crippen molar-refractivity contribution < 1.29 is 9.15 Å². The van der Waals surface area contributed by atoms with Crippen LogP contribution in [0, 0.1) is 0 Å². The Morgan fingerprint density at radius 1 is 0.464 bits per heavy atom. The summed E-state index contributed by atoms with van der Waals surface area (Å²) < 4.78 is 14.7. The standard InChI is InChI=1S/C50H30N4O2/c1-4-17-31(18-5-1)47-51-48(32-19-6-2-7-20-32)53-49(52-47)37-26-16-25-36-42-43-46(55-41-30-15-14-29-40(41)54(43)33-21-8-3-9-22-33)50(45(42)56-44(36)37)38-27-12-10-23-34(38)35-24-11-13-28-39(35)50/h1-30H. The molecular weight excluding hydrogens is 689 g/mol. The Kier molecular flexibility index (Phi) is 6.45. The van der Waals surface area contributed by atoms with E-state index >= 15 is 0 Å². The van der Waals surface area contributed by atoms with E-state index in [1.165, 1.54) is 0 Å². The number of nitrogens with zero attached hydrogens (tertiary/aromatic N) is 4. The van der Waals surface area contributed by atoms with Crippen LogP contribution in [0.1, 0.15) is 22.5 Å². The van der Waals surface area contributed by atoms with Crippen LogP contribution in [-0.2, 0) is 5.41 Å². The molecule has 2 aromatic heterocycles. The maximum atomic E-state index is 7.46. The molecule has 0 saturated heterocycles. The first-order chi connectivity index (χ1) is 27.8. The molecular formula is C50H30N4O2. The first-order valence-electron chi connectivity index (χ1n) is 18.8. The lowest BCUT2D eigenvalue weighted by molar-refractivity contribution is 0.346. The molecule has 0 amide bonds. The fourth-order valence-corrected chi connectivity index (χ4v) is 8.98. The van der Waals surface area contributed by atoms with Gasteiger partial charge in [0.2, 0.25) is 0 Å². The van der Waals surface area contributed by atoms with E-state index in [9.17, 15) is 0 Å². The monoisotopic (exact) mass is 718 g/mol. The largest absolute Gasteiger partial charge is 0.458 e. The van der Waals surface area contributed by atoms with Crippen molar-refractivity contribution in [2.45, 2.75) is 5.41 Å². The van der Waals surface area contributed by atoms with Gasteiger partial charge in [0, 0.05) is 22.2 Å². The number of allylic oxidation sites excluding steroid dienone is 1. The third-order valence-corrected chi connectivity index (χ3v) is 11.3. The summed E-state index contributed by atoms with van der Waals surface area (Å²) in [6.07, 6.45) is 0. The van der Waals surface area contributed by atoms with E-state index in [4.69, 9.17) is 24.1 Å². The normalized spacial score (nSPS) is 14.2. The quantitative estimate of drug-likeness (QED) is 0.180. The highest BCUT2D eigenvalue weighted by Crippen LogP contribution is 2.66. The van der Waals surface area contributed by atoms with Gasteiger partial charge in [-0.1, -0.05) is 152 Å². The summed E-state index contributed by atoms with van der Waals surface area (Å²) >= 11 is 0. The van der Waals surface area contributed by atoms with Crippen molar-refractivity contribution in [3.8, 4) is 51.0 Å². The first-order valence-corrected chi connectivity index (χ1v) is 18.8. The number of furan rings is 1. The molecule has 0 fully saturated rings. The smallest absolute Gasteiger partial charge is 0.167 e. The van der Waals surface area contributed by atoms with Crippen molar-refractivity contribution in [3.63, 3.8) is 0 Å². The van der Waals surface area contributed by atoms with Crippen molar-refractivity contribution >= 4 is 28.0 Å². The molecule has 12 rings (SSSR count). The van der Waals surface area contributed by atoms with Gasteiger partial charge >= 0.3 is 0 Å². The molecule has 2 aliphatic carbocycles. The van der Waals surface area contributed by atoms with Crippen LogP contribution in [0.2, 0.25) is 0 Å². The minimum atomic E-state index is -0.877. The average Bonchev–Trinajstić information content (AvgIpc) is 3.90.